The fourth-order valence-electron chi connectivity index (χ4n) is 4.28. The van der Waals surface area contributed by atoms with Crippen molar-refractivity contribution in [3.63, 3.8) is 0 Å². The molecule has 2 aromatic carbocycles. The van der Waals surface area contributed by atoms with Crippen LogP contribution in [0, 0.1) is 0 Å². The molecule has 0 bridgehead atoms. The second-order valence-corrected chi connectivity index (χ2v) is 8.50. The number of rotatable bonds is 10. The quantitative estimate of drug-likeness (QED) is 0.519. The van der Waals surface area contributed by atoms with E-state index in [1.165, 1.54) is 11.1 Å². The largest absolute Gasteiger partial charge is 0.390 e. The first-order valence-corrected chi connectivity index (χ1v) is 11.3. The molecule has 2 heterocycles. The van der Waals surface area contributed by atoms with E-state index in [0.717, 1.165) is 31.6 Å². The normalized spacial score (nSPS) is 21.2. The van der Waals surface area contributed by atoms with Gasteiger partial charge in [0.05, 0.1) is 24.0 Å². The van der Waals surface area contributed by atoms with E-state index in [1.807, 2.05) is 18.2 Å². The number of benzene rings is 2. The van der Waals surface area contributed by atoms with Gasteiger partial charge in [-0.3, -0.25) is 4.90 Å². The van der Waals surface area contributed by atoms with Gasteiger partial charge in [0.2, 0.25) is 0 Å². The van der Waals surface area contributed by atoms with E-state index in [1.54, 1.807) is 7.11 Å². The van der Waals surface area contributed by atoms with Crippen molar-refractivity contribution in [3.8, 4) is 0 Å². The minimum absolute atomic E-state index is 0.0131. The molecule has 3 atom stereocenters. The zero-order chi connectivity index (χ0) is 22.2. The lowest BCUT2D eigenvalue weighted by molar-refractivity contribution is -0.127. The number of aliphatic hydroxyl groups is 1. The molecule has 1 aromatic heterocycles. The van der Waals surface area contributed by atoms with Crippen LogP contribution in [0.3, 0.4) is 0 Å². The third-order valence-electron chi connectivity index (χ3n) is 5.85. The van der Waals surface area contributed by atoms with Crippen LogP contribution in [-0.2, 0) is 35.6 Å². The van der Waals surface area contributed by atoms with E-state index in [-0.39, 0.29) is 12.2 Å². The molecule has 0 spiro atoms. The molecule has 1 N–H and O–H groups in total. The molecule has 0 radical (unpaired) electrons. The molecule has 1 saturated heterocycles. The molecule has 0 unspecified atom stereocenters. The van der Waals surface area contributed by atoms with Gasteiger partial charge in [-0.1, -0.05) is 65.8 Å². The molecule has 4 rings (SSSR count). The minimum Gasteiger partial charge on any atom is -0.390 e. The van der Waals surface area contributed by atoms with E-state index in [4.69, 9.17) is 14.0 Å². The smallest absolute Gasteiger partial charge is 0.162 e. The van der Waals surface area contributed by atoms with Crippen LogP contribution >= 0.6 is 0 Å². The van der Waals surface area contributed by atoms with Gasteiger partial charge in [-0.05, 0) is 24.0 Å². The maximum Gasteiger partial charge on any atom is 0.162 e. The number of aromatic nitrogens is 1. The highest BCUT2D eigenvalue weighted by Gasteiger charge is 2.32. The molecule has 6 nitrogen and oxygen atoms in total. The summed E-state index contributed by atoms with van der Waals surface area (Å²) < 4.78 is 16.8. The maximum absolute atomic E-state index is 10.7. The van der Waals surface area contributed by atoms with Gasteiger partial charge in [0.25, 0.3) is 0 Å². The van der Waals surface area contributed by atoms with Crippen LogP contribution in [0.25, 0.3) is 0 Å². The van der Waals surface area contributed by atoms with Crippen LogP contribution in [0.4, 0.5) is 0 Å². The van der Waals surface area contributed by atoms with Crippen molar-refractivity contribution < 1.29 is 19.1 Å². The average Bonchev–Trinajstić information content (AvgIpc) is 3.24. The topological polar surface area (TPSA) is 68.0 Å². The lowest BCUT2D eigenvalue weighted by Crippen LogP contribution is -2.46. The van der Waals surface area contributed by atoms with E-state index >= 15 is 0 Å². The Kier molecular flexibility index (Phi) is 8.07. The van der Waals surface area contributed by atoms with Crippen LogP contribution in [0.2, 0.25) is 0 Å². The van der Waals surface area contributed by atoms with Crippen LogP contribution in [0.15, 0.2) is 71.3 Å². The molecule has 0 aliphatic carbocycles. The third-order valence-corrected chi connectivity index (χ3v) is 5.85. The Balaban J connectivity index is 1.41. The summed E-state index contributed by atoms with van der Waals surface area (Å²) in [5.74, 6) is 0.715. The predicted octanol–water partition coefficient (Wildman–Crippen LogP) is 3.97. The summed E-state index contributed by atoms with van der Waals surface area (Å²) in [6, 6.07) is 22.8. The number of hydrogen-bond donors (Lipinski definition) is 1. The Labute approximate surface area is 189 Å². The monoisotopic (exact) mass is 436 g/mol. The highest BCUT2D eigenvalue weighted by Crippen LogP contribution is 2.24. The molecule has 170 valence electrons. The van der Waals surface area contributed by atoms with Crippen molar-refractivity contribution in [2.45, 2.75) is 57.3 Å². The van der Waals surface area contributed by atoms with Crippen molar-refractivity contribution in [2.24, 2.45) is 0 Å². The summed E-state index contributed by atoms with van der Waals surface area (Å²) in [5, 5.41) is 14.8. The lowest BCUT2D eigenvalue weighted by atomic mass is 9.97. The summed E-state index contributed by atoms with van der Waals surface area (Å²) in [7, 11) is 1.63. The molecule has 1 aliphatic heterocycles. The number of ether oxygens (including phenoxy) is 2. The van der Waals surface area contributed by atoms with Crippen molar-refractivity contribution in [1.29, 1.82) is 0 Å². The van der Waals surface area contributed by atoms with Gasteiger partial charge in [0, 0.05) is 39.2 Å². The first-order valence-electron chi connectivity index (χ1n) is 11.3. The molecule has 1 fully saturated rings. The summed E-state index contributed by atoms with van der Waals surface area (Å²) >= 11 is 0. The SMILES string of the molecule is COCc1cc(C[C@@H]2CC[C@H](O)[C@@H](CN(Cc3ccccc3)Cc3ccccc3)O2)no1. The van der Waals surface area contributed by atoms with Crippen LogP contribution < -0.4 is 0 Å². The molecular weight excluding hydrogens is 404 g/mol. The van der Waals surface area contributed by atoms with E-state index in [2.05, 4.69) is 58.6 Å². The van der Waals surface area contributed by atoms with E-state index in [9.17, 15) is 5.11 Å². The van der Waals surface area contributed by atoms with E-state index < -0.39 is 6.10 Å². The van der Waals surface area contributed by atoms with E-state index in [0.29, 0.717) is 25.3 Å². The Morgan fingerprint density at radius 3 is 2.28 bits per heavy atom. The van der Waals surface area contributed by atoms with Gasteiger partial charge in [-0.25, -0.2) is 0 Å². The highest BCUT2D eigenvalue weighted by atomic mass is 16.5. The van der Waals surface area contributed by atoms with Crippen molar-refractivity contribution >= 4 is 0 Å². The standard InChI is InChI=1S/C26H32N2O4/c1-30-19-24-15-22(27-32-24)14-23-12-13-25(29)26(31-23)18-28(16-20-8-4-2-5-9-20)17-21-10-6-3-7-11-21/h2-11,15,23,25-26,29H,12-14,16-19H2,1H3/t23-,25-,26+/m0/s1. The third kappa shape index (κ3) is 6.50. The second-order valence-electron chi connectivity index (χ2n) is 8.50. The van der Waals surface area contributed by atoms with Gasteiger partial charge in [-0.15, -0.1) is 0 Å². The summed E-state index contributed by atoms with van der Waals surface area (Å²) in [5.41, 5.74) is 3.36. The van der Waals surface area contributed by atoms with Crippen LogP contribution in [0.1, 0.15) is 35.4 Å². The molecule has 0 saturated carbocycles. The first kappa shape index (κ1) is 22.7. The second kappa shape index (κ2) is 11.4. The zero-order valence-electron chi connectivity index (χ0n) is 18.6. The number of methoxy groups -OCH3 is 1. The van der Waals surface area contributed by atoms with Gasteiger partial charge in [0.15, 0.2) is 5.76 Å². The molecule has 32 heavy (non-hydrogen) atoms. The molecule has 6 heteroatoms. The highest BCUT2D eigenvalue weighted by molar-refractivity contribution is 5.17. The molecule has 3 aromatic rings. The minimum atomic E-state index is -0.471. The maximum atomic E-state index is 10.7. The van der Waals surface area contributed by atoms with Crippen LogP contribution in [0.5, 0.6) is 0 Å². The average molecular weight is 437 g/mol. The Bertz CT molecular complexity index is 890. The fourth-order valence-corrected chi connectivity index (χ4v) is 4.28. The zero-order valence-corrected chi connectivity index (χ0v) is 18.6. The first-order chi connectivity index (χ1) is 15.7. The van der Waals surface area contributed by atoms with Gasteiger partial charge in [-0.2, -0.15) is 0 Å². The Morgan fingerprint density at radius 2 is 1.66 bits per heavy atom. The van der Waals surface area contributed by atoms with Gasteiger partial charge >= 0.3 is 0 Å². The molecule has 1 aliphatic rings. The summed E-state index contributed by atoms with van der Waals surface area (Å²) in [6.07, 6.45) is 1.50. The summed E-state index contributed by atoms with van der Waals surface area (Å²) in [6.45, 7) is 2.68. The van der Waals surface area contributed by atoms with Crippen LogP contribution in [-0.4, -0.2) is 47.1 Å². The van der Waals surface area contributed by atoms with Crippen molar-refractivity contribution in [1.82, 2.24) is 10.1 Å². The fraction of sp³-hybridized carbons (Fsp3) is 0.423. The van der Waals surface area contributed by atoms with Crippen molar-refractivity contribution in [2.75, 3.05) is 13.7 Å². The summed E-state index contributed by atoms with van der Waals surface area (Å²) in [4.78, 5) is 2.35. The Hall–Kier alpha value is -2.51. The predicted molar refractivity (Wildman–Crippen MR) is 122 cm³/mol. The van der Waals surface area contributed by atoms with Gasteiger partial charge in [0.1, 0.15) is 6.61 Å². The Morgan fingerprint density at radius 1 is 1.00 bits per heavy atom. The van der Waals surface area contributed by atoms with Crippen molar-refractivity contribution in [3.05, 3.63) is 89.3 Å². The number of aliphatic hydroxyl groups excluding tert-OH is 1. The van der Waals surface area contributed by atoms with Gasteiger partial charge < -0.3 is 19.1 Å². The molecular formula is C26H32N2O4. The molecule has 0 amide bonds. The number of nitrogens with zero attached hydrogens (tertiary/aromatic N) is 2. The lowest BCUT2D eigenvalue weighted by Gasteiger charge is -2.37. The number of hydrogen-bond acceptors (Lipinski definition) is 6.